The van der Waals surface area contributed by atoms with E-state index >= 15 is 0 Å². The Balaban J connectivity index is 2.35. The van der Waals surface area contributed by atoms with Crippen molar-refractivity contribution in [1.29, 1.82) is 0 Å². The molecule has 0 fully saturated rings. The molecule has 78 valence electrons. The summed E-state index contributed by atoms with van der Waals surface area (Å²) in [5.74, 6) is 0.530. The van der Waals surface area contributed by atoms with Crippen molar-refractivity contribution in [2.75, 3.05) is 0 Å². The van der Waals surface area contributed by atoms with Crippen molar-refractivity contribution in [2.24, 2.45) is 0 Å². The van der Waals surface area contributed by atoms with Crippen molar-refractivity contribution in [3.63, 3.8) is 0 Å². The number of aromatic nitrogens is 2. The number of aromatic amines is 1. The van der Waals surface area contributed by atoms with E-state index in [1.165, 1.54) is 11.6 Å². The fraction of sp³-hybridized carbons (Fsp3) is 0.250. The Morgan fingerprint density at radius 2 is 1.80 bits per heavy atom. The van der Waals surface area contributed by atoms with E-state index in [-0.39, 0.29) is 5.56 Å². The summed E-state index contributed by atoms with van der Waals surface area (Å²) in [6, 6.07) is 9.68. The molecule has 0 unspecified atom stereocenters. The van der Waals surface area contributed by atoms with Crippen LogP contribution in [0, 0.1) is 0 Å². The molecule has 1 heterocycles. The molecule has 15 heavy (non-hydrogen) atoms. The summed E-state index contributed by atoms with van der Waals surface area (Å²) >= 11 is 0. The third kappa shape index (κ3) is 2.01. The predicted molar refractivity (Wildman–Crippen MR) is 60.5 cm³/mol. The van der Waals surface area contributed by atoms with Crippen LogP contribution in [-0.4, -0.2) is 9.78 Å². The molecule has 2 rings (SSSR count). The highest BCUT2D eigenvalue weighted by Gasteiger charge is 2.00. The van der Waals surface area contributed by atoms with Crippen molar-refractivity contribution < 1.29 is 0 Å². The number of H-pyrrole nitrogens is 1. The van der Waals surface area contributed by atoms with Crippen molar-refractivity contribution in [2.45, 2.75) is 19.8 Å². The monoisotopic (exact) mass is 202 g/mol. The van der Waals surface area contributed by atoms with Crippen LogP contribution in [0.1, 0.15) is 25.3 Å². The summed E-state index contributed by atoms with van der Waals surface area (Å²) in [5.41, 5.74) is 2.19. The van der Waals surface area contributed by atoms with Gasteiger partial charge in [0.1, 0.15) is 0 Å². The Morgan fingerprint density at radius 3 is 2.27 bits per heavy atom. The first-order valence-electron chi connectivity index (χ1n) is 5.05. The van der Waals surface area contributed by atoms with Gasteiger partial charge in [-0.2, -0.15) is 0 Å². The maximum atomic E-state index is 11.0. The van der Waals surface area contributed by atoms with Gasteiger partial charge in [-0.05, 0) is 23.6 Å². The minimum absolute atomic E-state index is 0.0806. The molecule has 0 spiro atoms. The molecular weight excluding hydrogens is 188 g/mol. The molecule has 0 bridgehead atoms. The molecule has 0 amide bonds. The second kappa shape index (κ2) is 3.77. The van der Waals surface area contributed by atoms with E-state index in [0.717, 1.165) is 5.69 Å². The fourth-order valence-corrected chi connectivity index (χ4v) is 1.51. The first-order chi connectivity index (χ1) is 7.16. The zero-order valence-corrected chi connectivity index (χ0v) is 8.90. The maximum Gasteiger partial charge on any atom is 0.264 e. The minimum atomic E-state index is -0.0806. The third-order valence-corrected chi connectivity index (χ3v) is 2.44. The van der Waals surface area contributed by atoms with Crippen LogP contribution in [0.4, 0.5) is 0 Å². The molecule has 3 nitrogen and oxygen atoms in total. The van der Waals surface area contributed by atoms with Crippen LogP contribution in [0.2, 0.25) is 0 Å². The summed E-state index contributed by atoms with van der Waals surface area (Å²) in [7, 11) is 0. The average Bonchev–Trinajstić information content (AvgIpc) is 2.65. The predicted octanol–water partition coefficient (Wildman–Crippen LogP) is 2.29. The summed E-state index contributed by atoms with van der Waals surface area (Å²) in [4.78, 5) is 11.0. The highest BCUT2D eigenvalue weighted by molar-refractivity contribution is 5.34. The van der Waals surface area contributed by atoms with Gasteiger partial charge in [0.05, 0.1) is 5.69 Å². The first kappa shape index (κ1) is 9.77. The van der Waals surface area contributed by atoms with Crippen LogP contribution in [-0.2, 0) is 0 Å². The van der Waals surface area contributed by atoms with Crippen LogP contribution in [0.25, 0.3) is 5.69 Å². The van der Waals surface area contributed by atoms with Gasteiger partial charge in [0.2, 0.25) is 0 Å². The molecule has 0 saturated heterocycles. The first-order valence-corrected chi connectivity index (χ1v) is 5.05. The zero-order valence-electron chi connectivity index (χ0n) is 8.90. The normalized spacial score (nSPS) is 10.9. The van der Waals surface area contributed by atoms with Gasteiger partial charge < -0.3 is 0 Å². The number of nitrogens with one attached hydrogen (secondary N) is 1. The lowest BCUT2D eigenvalue weighted by atomic mass is 10.0. The molecule has 0 aliphatic heterocycles. The largest absolute Gasteiger partial charge is 0.268 e. The summed E-state index contributed by atoms with van der Waals surface area (Å²) < 4.78 is 1.71. The second-order valence-corrected chi connectivity index (χ2v) is 3.91. The maximum absolute atomic E-state index is 11.0. The number of benzene rings is 1. The second-order valence-electron chi connectivity index (χ2n) is 3.91. The van der Waals surface area contributed by atoms with E-state index in [4.69, 9.17) is 0 Å². The molecular formula is C12H14N2O. The van der Waals surface area contributed by atoms with Gasteiger partial charge in [0.15, 0.2) is 0 Å². The van der Waals surface area contributed by atoms with E-state index in [1.54, 1.807) is 10.9 Å². The van der Waals surface area contributed by atoms with Crippen LogP contribution in [0.5, 0.6) is 0 Å². The average molecular weight is 202 g/mol. The molecule has 1 aromatic carbocycles. The van der Waals surface area contributed by atoms with E-state index < -0.39 is 0 Å². The summed E-state index contributed by atoms with van der Waals surface area (Å²) in [5, 5.41) is 2.70. The Labute approximate surface area is 88.4 Å². The lowest BCUT2D eigenvalue weighted by molar-refractivity contribution is 0.847. The van der Waals surface area contributed by atoms with Gasteiger partial charge in [0, 0.05) is 12.3 Å². The number of hydrogen-bond donors (Lipinski definition) is 1. The van der Waals surface area contributed by atoms with Crippen LogP contribution >= 0.6 is 0 Å². The van der Waals surface area contributed by atoms with Gasteiger partial charge >= 0.3 is 0 Å². The molecule has 0 radical (unpaired) electrons. The summed E-state index contributed by atoms with van der Waals surface area (Å²) in [6.45, 7) is 4.32. The molecule has 2 aromatic rings. The third-order valence-electron chi connectivity index (χ3n) is 2.44. The SMILES string of the molecule is CC(C)c1ccc(-n2ccc(=O)[nH]2)cc1. The molecule has 0 saturated carbocycles. The smallest absolute Gasteiger partial charge is 0.264 e. The molecule has 0 aliphatic carbocycles. The Bertz CT molecular complexity index is 491. The van der Waals surface area contributed by atoms with Gasteiger partial charge in [-0.25, -0.2) is 0 Å². The number of hydrogen-bond acceptors (Lipinski definition) is 1. The standard InChI is InChI=1S/C12H14N2O/c1-9(2)10-3-5-11(6-4-10)14-8-7-12(15)13-14/h3-9H,1-2H3,(H,13,15). The lowest BCUT2D eigenvalue weighted by Crippen LogP contribution is -2.03. The lowest BCUT2D eigenvalue weighted by Gasteiger charge is -2.07. The molecule has 0 aliphatic rings. The van der Waals surface area contributed by atoms with Crippen molar-refractivity contribution >= 4 is 0 Å². The van der Waals surface area contributed by atoms with Crippen LogP contribution < -0.4 is 5.56 Å². The summed E-state index contributed by atoms with van der Waals surface area (Å²) in [6.07, 6.45) is 1.73. The van der Waals surface area contributed by atoms with Crippen LogP contribution in [0.15, 0.2) is 41.3 Å². The van der Waals surface area contributed by atoms with Gasteiger partial charge in [-0.3, -0.25) is 14.6 Å². The van der Waals surface area contributed by atoms with E-state index in [1.807, 2.05) is 12.1 Å². The van der Waals surface area contributed by atoms with Crippen molar-refractivity contribution in [3.8, 4) is 5.69 Å². The zero-order chi connectivity index (χ0) is 10.8. The van der Waals surface area contributed by atoms with E-state index in [9.17, 15) is 4.79 Å². The Kier molecular flexibility index (Phi) is 2.46. The fourth-order valence-electron chi connectivity index (χ4n) is 1.51. The Hall–Kier alpha value is -1.77. The van der Waals surface area contributed by atoms with E-state index in [0.29, 0.717) is 5.92 Å². The molecule has 1 N–H and O–H groups in total. The minimum Gasteiger partial charge on any atom is -0.268 e. The highest BCUT2D eigenvalue weighted by atomic mass is 16.1. The van der Waals surface area contributed by atoms with Gasteiger partial charge in [-0.1, -0.05) is 26.0 Å². The quantitative estimate of drug-likeness (QED) is 0.797. The number of nitrogens with zero attached hydrogens (tertiary/aromatic N) is 1. The Morgan fingerprint density at radius 1 is 1.13 bits per heavy atom. The van der Waals surface area contributed by atoms with E-state index in [2.05, 4.69) is 31.1 Å². The van der Waals surface area contributed by atoms with Crippen LogP contribution in [0.3, 0.4) is 0 Å². The topological polar surface area (TPSA) is 37.8 Å². The number of rotatable bonds is 2. The molecule has 3 heteroatoms. The van der Waals surface area contributed by atoms with Crippen molar-refractivity contribution in [1.82, 2.24) is 9.78 Å². The van der Waals surface area contributed by atoms with Crippen molar-refractivity contribution in [3.05, 3.63) is 52.4 Å². The van der Waals surface area contributed by atoms with Gasteiger partial charge in [-0.15, -0.1) is 0 Å². The molecule has 0 atom stereocenters. The molecule has 1 aromatic heterocycles. The highest BCUT2D eigenvalue weighted by Crippen LogP contribution is 2.15. The van der Waals surface area contributed by atoms with Gasteiger partial charge in [0.25, 0.3) is 5.56 Å².